The molecule has 0 aliphatic heterocycles. The van der Waals surface area contributed by atoms with Gasteiger partial charge in [-0.15, -0.1) is 0 Å². The van der Waals surface area contributed by atoms with Crippen molar-refractivity contribution in [1.82, 2.24) is 5.32 Å². The molecule has 1 atom stereocenters. The van der Waals surface area contributed by atoms with Crippen molar-refractivity contribution in [2.75, 3.05) is 0 Å². The number of carbonyl (C=O) groups is 2. The molecule has 1 aromatic rings. The number of carboxylic acid groups (broad SMARTS) is 1. The second kappa shape index (κ2) is 7.89. The van der Waals surface area contributed by atoms with Crippen molar-refractivity contribution in [3.63, 3.8) is 0 Å². The van der Waals surface area contributed by atoms with Gasteiger partial charge in [-0.3, -0.25) is 4.79 Å². The zero-order valence-electron chi connectivity index (χ0n) is 13.3. The Balaban J connectivity index is 2.77. The minimum Gasteiger partial charge on any atom is -0.480 e. The Labute approximate surface area is 133 Å². The fraction of sp³-hybridized carbons (Fsp3) is 0.500. The number of benzene rings is 1. The molecule has 1 rings (SSSR count). The first kappa shape index (κ1) is 18.9. The highest BCUT2D eigenvalue weighted by atomic mass is 19.3. The first-order valence-electron chi connectivity index (χ1n) is 7.17. The van der Waals surface area contributed by atoms with Gasteiger partial charge in [0.1, 0.15) is 11.8 Å². The number of hydrogen-bond acceptors (Lipinski definition) is 3. The van der Waals surface area contributed by atoms with E-state index in [2.05, 4.69) is 10.1 Å². The lowest BCUT2D eigenvalue weighted by Crippen LogP contribution is -2.41. The van der Waals surface area contributed by atoms with Gasteiger partial charge in [0, 0.05) is 5.56 Å². The van der Waals surface area contributed by atoms with E-state index in [1.54, 1.807) is 0 Å². The van der Waals surface area contributed by atoms with Crippen LogP contribution < -0.4 is 10.1 Å². The third kappa shape index (κ3) is 7.08. The Morgan fingerprint density at radius 1 is 1.30 bits per heavy atom. The molecule has 1 aromatic carbocycles. The number of carbonyl (C=O) groups excluding carboxylic acids is 1. The highest BCUT2D eigenvalue weighted by Gasteiger charge is 2.23. The summed E-state index contributed by atoms with van der Waals surface area (Å²) in [5, 5.41) is 11.6. The topological polar surface area (TPSA) is 75.6 Å². The lowest BCUT2D eigenvalue weighted by Gasteiger charge is -2.21. The fourth-order valence-corrected chi connectivity index (χ4v) is 1.89. The average molecular weight is 329 g/mol. The summed E-state index contributed by atoms with van der Waals surface area (Å²) in [6, 6.07) is 4.18. The molecule has 0 saturated carbocycles. The molecule has 0 fully saturated rings. The summed E-state index contributed by atoms with van der Waals surface area (Å²) >= 11 is 0. The van der Waals surface area contributed by atoms with Crippen molar-refractivity contribution in [3.8, 4) is 5.75 Å². The molecule has 0 radical (unpaired) electrons. The second-order valence-corrected chi connectivity index (χ2v) is 6.37. The van der Waals surface area contributed by atoms with Gasteiger partial charge in [-0.1, -0.05) is 26.8 Å². The van der Waals surface area contributed by atoms with Gasteiger partial charge in [-0.2, -0.15) is 8.78 Å². The van der Waals surface area contributed by atoms with E-state index in [1.807, 2.05) is 20.8 Å². The molecule has 0 aliphatic rings. The number of alkyl halides is 2. The van der Waals surface area contributed by atoms with Gasteiger partial charge in [0.05, 0.1) is 0 Å². The van der Waals surface area contributed by atoms with Crippen molar-refractivity contribution in [2.24, 2.45) is 5.41 Å². The van der Waals surface area contributed by atoms with Crippen LogP contribution in [-0.2, 0) is 4.79 Å². The van der Waals surface area contributed by atoms with E-state index >= 15 is 0 Å². The van der Waals surface area contributed by atoms with E-state index in [4.69, 9.17) is 0 Å². The summed E-state index contributed by atoms with van der Waals surface area (Å²) in [6.45, 7) is 2.92. The fourth-order valence-electron chi connectivity index (χ4n) is 1.89. The number of aliphatic carboxylic acids is 1. The molecule has 7 heteroatoms. The summed E-state index contributed by atoms with van der Waals surface area (Å²) in [4.78, 5) is 23.4. The Morgan fingerprint density at radius 3 is 2.48 bits per heavy atom. The van der Waals surface area contributed by atoms with Crippen LogP contribution in [0.4, 0.5) is 8.78 Å². The molecular formula is C16H21F2NO4. The predicted octanol–water partition coefficient (Wildman–Crippen LogP) is 3.30. The van der Waals surface area contributed by atoms with Crippen LogP contribution in [0.3, 0.4) is 0 Å². The van der Waals surface area contributed by atoms with E-state index in [0.717, 1.165) is 6.07 Å². The van der Waals surface area contributed by atoms with Gasteiger partial charge in [-0.05, 0) is 36.5 Å². The number of carboxylic acids is 1. The van der Waals surface area contributed by atoms with E-state index in [9.17, 15) is 23.5 Å². The zero-order valence-corrected chi connectivity index (χ0v) is 13.3. The van der Waals surface area contributed by atoms with Gasteiger partial charge < -0.3 is 15.2 Å². The van der Waals surface area contributed by atoms with Crippen LogP contribution in [0.25, 0.3) is 0 Å². The lowest BCUT2D eigenvalue weighted by atomic mass is 9.88. The summed E-state index contributed by atoms with van der Waals surface area (Å²) in [6.07, 6.45) is 0.885. The maximum Gasteiger partial charge on any atom is 0.387 e. The number of nitrogens with one attached hydrogen (secondary N) is 1. The second-order valence-electron chi connectivity index (χ2n) is 6.37. The van der Waals surface area contributed by atoms with Gasteiger partial charge in [0.2, 0.25) is 0 Å². The first-order chi connectivity index (χ1) is 10.6. The third-order valence-corrected chi connectivity index (χ3v) is 3.11. The molecule has 1 amide bonds. The molecule has 2 N–H and O–H groups in total. The molecule has 1 unspecified atom stereocenters. The molecule has 0 saturated heterocycles. The summed E-state index contributed by atoms with van der Waals surface area (Å²) in [7, 11) is 0. The molecule has 5 nitrogen and oxygen atoms in total. The van der Waals surface area contributed by atoms with Crippen molar-refractivity contribution < 1.29 is 28.2 Å². The highest BCUT2D eigenvalue weighted by molar-refractivity contribution is 5.96. The van der Waals surface area contributed by atoms with Crippen LogP contribution >= 0.6 is 0 Å². The van der Waals surface area contributed by atoms with Gasteiger partial charge >= 0.3 is 12.6 Å². The Hall–Kier alpha value is -2.18. The third-order valence-electron chi connectivity index (χ3n) is 3.11. The summed E-state index contributed by atoms with van der Waals surface area (Å²) in [5.74, 6) is -1.94. The SMILES string of the molecule is CC(C)(C)CCC(NC(=O)c1cccc(OC(F)F)c1)C(=O)O. The van der Waals surface area contributed by atoms with Gasteiger partial charge in [-0.25, -0.2) is 4.79 Å². The zero-order chi connectivity index (χ0) is 17.6. The smallest absolute Gasteiger partial charge is 0.387 e. The Kier molecular flexibility index (Phi) is 6.48. The molecule has 0 bridgehead atoms. The molecule has 0 spiro atoms. The highest BCUT2D eigenvalue weighted by Crippen LogP contribution is 2.22. The molecule has 23 heavy (non-hydrogen) atoms. The Bertz CT molecular complexity index is 555. The minimum absolute atomic E-state index is 0.0603. The van der Waals surface area contributed by atoms with Crippen LogP contribution in [0.2, 0.25) is 0 Å². The maximum absolute atomic E-state index is 12.2. The lowest BCUT2D eigenvalue weighted by molar-refractivity contribution is -0.139. The monoisotopic (exact) mass is 329 g/mol. The van der Waals surface area contributed by atoms with Crippen LogP contribution in [0, 0.1) is 5.41 Å². The molecule has 0 aromatic heterocycles. The first-order valence-corrected chi connectivity index (χ1v) is 7.17. The Morgan fingerprint density at radius 2 is 1.96 bits per heavy atom. The summed E-state index contributed by atoms with van der Waals surface area (Å²) < 4.78 is 28.6. The van der Waals surface area contributed by atoms with Crippen LogP contribution in [0.1, 0.15) is 44.0 Å². The molecule has 0 heterocycles. The van der Waals surface area contributed by atoms with Crippen molar-refractivity contribution >= 4 is 11.9 Å². The number of amides is 1. The van der Waals surface area contributed by atoms with E-state index in [-0.39, 0.29) is 23.1 Å². The van der Waals surface area contributed by atoms with Crippen molar-refractivity contribution in [2.45, 2.75) is 46.3 Å². The number of ether oxygens (including phenoxy) is 1. The summed E-state index contributed by atoms with van der Waals surface area (Å²) in [5.41, 5.74) is -0.00569. The van der Waals surface area contributed by atoms with E-state index < -0.39 is 24.5 Å². The van der Waals surface area contributed by atoms with Gasteiger partial charge in [0.15, 0.2) is 0 Å². The van der Waals surface area contributed by atoms with E-state index in [1.165, 1.54) is 18.2 Å². The predicted molar refractivity (Wildman–Crippen MR) is 80.7 cm³/mol. The molecule has 128 valence electrons. The maximum atomic E-state index is 12.2. The van der Waals surface area contributed by atoms with Crippen molar-refractivity contribution in [3.05, 3.63) is 29.8 Å². The quantitative estimate of drug-likeness (QED) is 0.805. The molecule has 0 aliphatic carbocycles. The average Bonchev–Trinajstić information content (AvgIpc) is 2.41. The van der Waals surface area contributed by atoms with Gasteiger partial charge in [0.25, 0.3) is 5.91 Å². The van der Waals surface area contributed by atoms with Crippen LogP contribution in [-0.4, -0.2) is 29.6 Å². The normalized spacial score (nSPS) is 12.8. The standard InChI is InChI=1S/C16H21F2NO4/c1-16(2,3)8-7-12(14(21)22)19-13(20)10-5-4-6-11(9-10)23-15(17)18/h4-6,9,12,15H,7-8H2,1-3H3,(H,19,20)(H,21,22). The number of halogens is 2. The minimum atomic E-state index is -2.99. The van der Waals surface area contributed by atoms with Crippen LogP contribution in [0.15, 0.2) is 24.3 Å². The largest absolute Gasteiger partial charge is 0.480 e. The van der Waals surface area contributed by atoms with E-state index in [0.29, 0.717) is 6.42 Å². The van der Waals surface area contributed by atoms with Crippen molar-refractivity contribution in [1.29, 1.82) is 0 Å². The molecular weight excluding hydrogens is 308 g/mol. The van der Waals surface area contributed by atoms with Crippen LogP contribution in [0.5, 0.6) is 5.75 Å². The number of rotatable bonds is 7. The number of hydrogen-bond donors (Lipinski definition) is 2.